The van der Waals surface area contributed by atoms with Crippen molar-refractivity contribution in [3.05, 3.63) is 72.9 Å². The Morgan fingerprint density at radius 1 is 0.290 bits per heavy atom. The predicted molar refractivity (Wildman–Crippen MR) is 298 cm³/mol. The van der Waals surface area contributed by atoms with Crippen molar-refractivity contribution in [2.45, 2.75) is 297 Å². The number of hydrogen-bond donors (Lipinski definition) is 0. The molecule has 0 fully saturated rings. The summed E-state index contributed by atoms with van der Waals surface area (Å²) in [5.74, 6) is -0.954. The number of allylic oxidation sites excluding steroid dienone is 12. The van der Waals surface area contributed by atoms with Crippen LogP contribution < -0.4 is 0 Å². The molecule has 398 valence electrons. The fraction of sp³-hybridized carbons (Fsp3) is 0.762. The first-order valence-corrected chi connectivity index (χ1v) is 29.4. The van der Waals surface area contributed by atoms with Crippen LogP contribution in [-0.2, 0) is 28.6 Å². The first-order valence-electron chi connectivity index (χ1n) is 29.4. The van der Waals surface area contributed by atoms with Crippen LogP contribution in [0.25, 0.3) is 0 Å². The van der Waals surface area contributed by atoms with Gasteiger partial charge in [0.05, 0.1) is 0 Å². The van der Waals surface area contributed by atoms with E-state index in [1.165, 1.54) is 173 Å². The van der Waals surface area contributed by atoms with Crippen LogP contribution in [0.15, 0.2) is 72.9 Å². The number of carbonyl (C=O) groups excluding carboxylic acids is 3. The van der Waals surface area contributed by atoms with E-state index in [0.29, 0.717) is 19.3 Å². The van der Waals surface area contributed by atoms with Gasteiger partial charge in [-0.1, -0.05) is 235 Å². The second-order valence-electron chi connectivity index (χ2n) is 19.5. The number of esters is 3. The number of rotatable bonds is 53. The first kappa shape index (κ1) is 65.8. The molecule has 69 heavy (non-hydrogen) atoms. The quantitative estimate of drug-likeness (QED) is 0.0262. The van der Waals surface area contributed by atoms with Gasteiger partial charge in [0, 0.05) is 19.3 Å². The molecular formula is C63H110O6. The lowest BCUT2D eigenvalue weighted by Gasteiger charge is -2.18. The minimum absolute atomic E-state index is 0.0959. The average molecular weight is 964 g/mol. The number of unbranched alkanes of at least 4 members (excludes halogenated alkanes) is 30. The fourth-order valence-electron chi connectivity index (χ4n) is 8.19. The van der Waals surface area contributed by atoms with Crippen molar-refractivity contribution in [1.82, 2.24) is 0 Å². The second-order valence-corrected chi connectivity index (χ2v) is 19.5. The van der Waals surface area contributed by atoms with E-state index in [1.807, 2.05) is 0 Å². The zero-order chi connectivity index (χ0) is 50.0. The summed E-state index contributed by atoms with van der Waals surface area (Å²) in [5.41, 5.74) is 0. The Bertz CT molecular complexity index is 1290. The lowest BCUT2D eigenvalue weighted by Crippen LogP contribution is -2.30. The van der Waals surface area contributed by atoms with Gasteiger partial charge in [-0.25, -0.2) is 0 Å². The maximum Gasteiger partial charge on any atom is 0.306 e. The predicted octanol–water partition coefficient (Wildman–Crippen LogP) is 19.8. The third kappa shape index (κ3) is 55.6. The maximum absolute atomic E-state index is 12.9. The molecule has 0 N–H and O–H groups in total. The molecule has 0 aromatic heterocycles. The van der Waals surface area contributed by atoms with Crippen LogP contribution in [0.5, 0.6) is 0 Å². The summed E-state index contributed by atoms with van der Waals surface area (Å²) >= 11 is 0. The third-order valence-corrected chi connectivity index (χ3v) is 12.7. The molecule has 0 aliphatic rings. The number of hydrogen-bond acceptors (Lipinski definition) is 6. The lowest BCUT2D eigenvalue weighted by atomic mass is 10.1. The SMILES string of the molecule is CCCCC/C=C\C/C=C\CCCCCCCCCC(=O)O[C@H](COC(=O)CCC/C=C\C/C=C\C/C=C\CCCCCCCC)COC(=O)CCCCCCCCC/C=C\CCCCCCCC. The summed E-state index contributed by atoms with van der Waals surface area (Å²) in [6.07, 6.45) is 73.2. The topological polar surface area (TPSA) is 78.9 Å². The molecular weight excluding hydrogens is 853 g/mol. The van der Waals surface area contributed by atoms with Crippen LogP contribution in [0.2, 0.25) is 0 Å². The van der Waals surface area contributed by atoms with Crippen molar-refractivity contribution in [3.8, 4) is 0 Å². The zero-order valence-corrected chi connectivity index (χ0v) is 45.6. The van der Waals surface area contributed by atoms with Crippen LogP contribution in [-0.4, -0.2) is 37.2 Å². The van der Waals surface area contributed by atoms with Crippen LogP contribution in [0.4, 0.5) is 0 Å². The van der Waals surface area contributed by atoms with E-state index >= 15 is 0 Å². The first-order chi connectivity index (χ1) is 34.0. The molecule has 0 bridgehead atoms. The molecule has 1 atom stereocenters. The average Bonchev–Trinajstić information content (AvgIpc) is 3.35. The van der Waals surface area contributed by atoms with E-state index < -0.39 is 6.10 Å². The summed E-state index contributed by atoms with van der Waals surface area (Å²) in [6.45, 7) is 6.57. The smallest absolute Gasteiger partial charge is 0.306 e. The molecule has 0 spiro atoms. The molecule has 0 rings (SSSR count). The molecule has 6 nitrogen and oxygen atoms in total. The molecule has 0 aliphatic carbocycles. The summed E-state index contributed by atoms with van der Waals surface area (Å²) in [5, 5.41) is 0. The zero-order valence-electron chi connectivity index (χ0n) is 45.6. The minimum atomic E-state index is -0.802. The highest BCUT2D eigenvalue weighted by atomic mass is 16.6. The van der Waals surface area contributed by atoms with E-state index in [9.17, 15) is 14.4 Å². The fourth-order valence-corrected chi connectivity index (χ4v) is 8.19. The summed E-state index contributed by atoms with van der Waals surface area (Å²) in [4.78, 5) is 38.2. The lowest BCUT2D eigenvalue weighted by molar-refractivity contribution is -0.167. The van der Waals surface area contributed by atoms with Crippen LogP contribution in [0.1, 0.15) is 290 Å². The number of carbonyl (C=O) groups is 3. The van der Waals surface area contributed by atoms with Crippen molar-refractivity contribution >= 4 is 17.9 Å². The van der Waals surface area contributed by atoms with Gasteiger partial charge in [-0.3, -0.25) is 14.4 Å². The molecule has 0 saturated heterocycles. The molecule has 0 unspecified atom stereocenters. The van der Waals surface area contributed by atoms with Crippen molar-refractivity contribution < 1.29 is 28.6 Å². The van der Waals surface area contributed by atoms with E-state index in [0.717, 1.165) is 70.6 Å². The van der Waals surface area contributed by atoms with Crippen molar-refractivity contribution in [2.75, 3.05) is 13.2 Å². The molecule has 0 aromatic carbocycles. The highest BCUT2D eigenvalue weighted by Crippen LogP contribution is 2.15. The highest BCUT2D eigenvalue weighted by Gasteiger charge is 2.19. The monoisotopic (exact) mass is 963 g/mol. The van der Waals surface area contributed by atoms with Crippen LogP contribution in [0, 0.1) is 0 Å². The molecule has 0 aliphatic heterocycles. The largest absolute Gasteiger partial charge is 0.462 e. The molecule has 0 radical (unpaired) electrons. The standard InChI is InChI=1S/C63H110O6/c1-4-7-10-13-16-19-22-25-28-31-34-37-40-43-46-49-52-55-61(64)67-58-60(69-63(66)57-54-51-48-45-42-39-36-33-30-27-24-21-18-15-12-9-6-3)59-68-62(65)56-53-50-47-44-41-38-35-32-29-26-23-20-17-14-11-8-5-2/h18,21,25-30,34,37,43,46,60H,4-17,19-20,22-24,31-33,35-36,38-42,44-45,47-59H2,1-3H3/b21-18-,28-25-,29-26-,30-27-,37-34-,46-43-/t60-/m1/s1. The summed E-state index contributed by atoms with van der Waals surface area (Å²) in [7, 11) is 0. The normalized spacial score (nSPS) is 12.6. The van der Waals surface area contributed by atoms with Crippen molar-refractivity contribution in [3.63, 3.8) is 0 Å². The Morgan fingerprint density at radius 2 is 0.536 bits per heavy atom. The Kier molecular flexibility index (Phi) is 54.8. The molecule has 0 amide bonds. The summed E-state index contributed by atoms with van der Waals surface area (Å²) < 4.78 is 16.8. The molecule has 0 heterocycles. The van der Waals surface area contributed by atoms with Crippen molar-refractivity contribution in [2.24, 2.45) is 0 Å². The minimum Gasteiger partial charge on any atom is -0.462 e. The van der Waals surface area contributed by atoms with E-state index in [2.05, 4.69) is 93.7 Å². The van der Waals surface area contributed by atoms with Gasteiger partial charge in [-0.15, -0.1) is 0 Å². The van der Waals surface area contributed by atoms with E-state index in [4.69, 9.17) is 14.2 Å². The molecule has 6 heteroatoms. The van der Waals surface area contributed by atoms with Gasteiger partial charge in [-0.2, -0.15) is 0 Å². The second kappa shape index (κ2) is 57.4. The third-order valence-electron chi connectivity index (χ3n) is 12.7. The van der Waals surface area contributed by atoms with Gasteiger partial charge < -0.3 is 14.2 Å². The molecule has 0 aromatic rings. The Hall–Kier alpha value is -3.15. The van der Waals surface area contributed by atoms with Crippen LogP contribution in [0.3, 0.4) is 0 Å². The Balaban J connectivity index is 4.46. The number of ether oxygens (including phenoxy) is 3. The Morgan fingerprint density at radius 3 is 0.913 bits per heavy atom. The van der Waals surface area contributed by atoms with Crippen LogP contribution >= 0.6 is 0 Å². The van der Waals surface area contributed by atoms with Crippen molar-refractivity contribution in [1.29, 1.82) is 0 Å². The van der Waals surface area contributed by atoms with E-state index in [1.54, 1.807) is 0 Å². The van der Waals surface area contributed by atoms with Gasteiger partial charge in [0.1, 0.15) is 13.2 Å². The van der Waals surface area contributed by atoms with E-state index in [-0.39, 0.29) is 37.5 Å². The molecule has 0 saturated carbocycles. The summed E-state index contributed by atoms with van der Waals surface area (Å²) in [6, 6.07) is 0. The van der Waals surface area contributed by atoms with Gasteiger partial charge in [0.25, 0.3) is 0 Å². The maximum atomic E-state index is 12.9. The van der Waals surface area contributed by atoms with Gasteiger partial charge in [0.15, 0.2) is 6.10 Å². The van der Waals surface area contributed by atoms with Gasteiger partial charge in [0.2, 0.25) is 0 Å². The highest BCUT2D eigenvalue weighted by molar-refractivity contribution is 5.71. The Labute approximate surface area is 427 Å². The van der Waals surface area contributed by atoms with Gasteiger partial charge >= 0.3 is 17.9 Å². The van der Waals surface area contributed by atoms with Gasteiger partial charge in [-0.05, 0) is 109 Å².